The number of aryl methyl sites for hydroxylation is 1. The first-order valence-corrected chi connectivity index (χ1v) is 11.6. The fourth-order valence-electron chi connectivity index (χ4n) is 3.02. The molecule has 0 radical (unpaired) electrons. The van der Waals surface area contributed by atoms with Crippen molar-refractivity contribution in [2.75, 3.05) is 11.1 Å². The van der Waals surface area contributed by atoms with Crippen molar-refractivity contribution in [3.63, 3.8) is 0 Å². The highest BCUT2D eigenvalue weighted by Crippen LogP contribution is 2.31. The van der Waals surface area contributed by atoms with Gasteiger partial charge >= 0.3 is 0 Å². The molecule has 1 unspecified atom stereocenters. The second-order valence-electron chi connectivity index (χ2n) is 7.00. The number of hydrogen-bond acceptors (Lipinski definition) is 5. The average molecular weight is 479 g/mol. The van der Waals surface area contributed by atoms with Gasteiger partial charge in [-0.1, -0.05) is 47.1 Å². The van der Waals surface area contributed by atoms with E-state index in [0.717, 1.165) is 16.8 Å². The summed E-state index contributed by atoms with van der Waals surface area (Å²) in [5.41, 5.74) is 3.02. The number of benzene rings is 2. The first-order chi connectivity index (χ1) is 14.8. The Bertz CT molecular complexity index is 1090. The van der Waals surface area contributed by atoms with Crippen LogP contribution in [0.5, 0.6) is 5.75 Å². The molecule has 9 heteroatoms. The Morgan fingerprint density at radius 1 is 1.23 bits per heavy atom. The molecule has 0 aliphatic heterocycles. The Morgan fingerprint density at radius 2 is 2.00 bits per heavy atom. The number of carbonyl (C=O) groups is 1. The summed E-state index contributed by atoms with van der Waals surface area (Å²) in [5, 5.41) is 13.1. The van der Waals surface area contributed by atoms with Gasteiger partial charge in [-0.05, 0) is 63.1 Å². The summed E-state index contributed by atoms with van der Waals surface area (Å²) >= 11 is 13.5. The van der Waals surface area contributed by atoms with Gasteiger partial charge in [0.2, 0.25) is 5.91 Å². The van der Waals surface area contributed by atoms with Crippen LogP contribution in [0.15, 0.2) is 41.6 Å². The average Bonchev–Trinajstić information content (AvgIpc) is 3.15. The van der Waals surface area contributed by atoms with Crippen LogP contribution in [0.1, 0.15) is 36.9 Å². The number of thioether (sulfide) groups is 1. The van der Waals surface area contributed by atoms with Crippen LogP contribution in [0.2, 0.25) is 10.0 Å². The molecule has 0 aliphatic carbocycles. The van der Waals surface area contributed by atoms with E-state index in [1.54, 1.807) is 18.2 Å². The number of carbonyl (C=O) groups excluding carboxylic acids is 1. The zero-order valence-electron chi connectivity index (χ0n) is 17.8. The van der Waals surface area contributed by atoms with Crippen LogP contribution in [-0.2, 0) is 11.3 Å². The summed E-state index contributed by atoms with van der Waals surface area (Å²) in [6, 6.07) is 10.9. The maximum Gasteiger partial charge on any atom is 0.234 e. The normalized spacial score (nSPS) is 11.9. The third-order valence-corrected chi connectivity index (χ3v) is 6.33. The SMILES string of the molecule is CCn1c(SCC(=O)Nc2cccc(C)c2C)nnc1C(C)Oc1ccc(Cl)cc1Cl. The summed E-state index contributed by atoms with van der Waals surface area (Å²) in [7, 11) is 0. The molecule has 0 bridgehead atoms. The number of nitrogens with zero attached hydrogens (tertiary/aromatic N) is 3. The highest BCUT2D eigenvalue weighted by atomic mass is 35.5. The lowest BCUT2D eigenvalue weighted by Gasteiger charge is -2.16. The van der Waals surface area contributed by atoms with Crippen molar-refractivity contribution >= 4 is 46.6 Å². The number of halogens is 2. The third-order valence-electron chi connectivity index (χ3n) is 4.83. The van der Waals surface area contributed by atoms with Crippen molar-refractivity contribution in [2.45, 2.75) is 45.5 Å². The summed E-state index contributed by atoms with van der Waals surface area (Å²) in [6.45, 7) is 8.53. The Kier molecular flexibility index (Phi) is 7.86. The van der Waals surface area contributed by atoms with E-state index in [4.69, 9.17) is 27.9 Å². The molecule has 0 aliphatic rings. The van der Waals surface area contributed by atoms with Gasteiger partial charge in [0.05, 0.1) is 10.8 Å². The van der Waals surface area contributed by atoms with Crippen LogP contribution in [0.3, 0.4) is 0 Å². The monoisotopic (exact) mass is 478 g/mol. The van der Waals surface area contributed by atoms with Crippen LogP contribution >= 0.6 is 35.0 Å². The molecule has 0 saturated heterocycles. The van der Waals surface area contributed by atoms with Crippen molar-refractivity contribution in [1.29, 1.82) is 0 Å². The summed E-state index contributed by atoms with van der Waals surface area (Å²) in [4.78, 5) is 12.5. The Labute approximate surface area is 196 Å². The molecule has 1 amide bonds. The Morgan fingerprint density at radius 3 is 2.71 bits per heavy atom. The number of amides is 1. The minimum absolute atomic E-state index is 0.0943. The van der Waals surface area contributed by atoms with Gasteiger partial charge in [0.25, 0.3) is 0 Å². The van der Waals surface area contributed by atoms with Crippen molar-refractivity contribution in [2.24, 2.45) is 0 Å². The molecular weight excluding hydrogens is 455 g/mol. The van der Waals surface area contributed by atoms with Gasteiger partial charge in [-0.15, -0.1) is 10.2 Å². The maximum atomic E-state index is 12.5. The standard InChI is InChI=1S/C22H24Cl2N4O2S/c1-5-28-21(15(4)30-19-10-9-16(23)11-17(19)24)26-27-22(28)31-12-20(29)25-18-8-6-7-13(2)14(18)3/h6-11,15H,5,12H2,1-4H3,(H,25,29). The predicted octanol–water partition coefficient (Wildman–Crippen LogP) is 6.09. The summed E-state index contributed by atoms with van der Waals surface area (Å²) in [5.74, 6) is 1.31. The highest BCUT2D eigenvalue weighted by molar-refractivity contribution is 7.99. The molecule has 6 nitrogen and oxygen atoms in total. The van der Waals surface area contributed by atoms with Crippen LogP contribution in [0.25, 0.3) is 0 Å². The predicted molar refractivity (Wildman–Crippen MR) is 126 cm³/mol. The molecule has 1 heterocycles. The van der Waals surface area contributed by atoms with Crippen LogP contribution in [0.4, 0.5) is 5.69 Å². The molecule has 31 heavy (non-hydrogen) atoms. The minimum Gasteiger partial charge on any atom is -0.481 e. The molecule has 0 saturated carbocycles. The largest absolute Gasteiger partial charge is 0.481 e. The van der Waals surface area contributed by atoms with E-state index in [-0.39, 0.29) is 17.8 Å². The van der Waals surface area contributed by atoms with Gasteiger partial charge in [-0.2, -0.15) is 0 Å². The summed E-state index contributed by atoms with van der Waals surface area (Å²) < 4.78 is 7.90. The van der Waals surface area contributed by atoms with Gasteiger partial charge in [0.1, 0.15) is 5.75 Å². The van der Waals surface area contributed by atoms with Gasteiger partial charge < -0.3 is 14.6 Å². The highest BCUT2D eigenvalue weighted by Gasteiger charge is 2.20. The minimum atomic E-state index is -0.385. The van der Waals surface area contributed by atoms with Crippen molar-refractivity contribution in [3.8, 4) is 5.75 Å². The zero-order valence-corrected chi connectivity index (χ0v) is 20.1. The first kappa shape index (κ1) is 23.4. The lowest BCUT2D eigenvalue weighted by molar-refractivity contribution is -0.113. The van der Waals surface area contributed by atoms with Gasteiger partial charge in [-0.3, -0.25) is 4.79 Å². The molecule has 2 aromatic carbocycles. The lowest BCUT2D eigenvalue weighted by Crippen LogP contribution is -2.16. The van der Waals surface area contributed by atoms with E-state index < -0.39 is 0 Å². The van der Waals surface area contributed by atoms with E-state index >= 15 is 0 Å². The zero-order chi connectivity index (χ0) is 22.5. The molecule has 0 spiro atoms. The Balaban J connectivity index is 1.66. The van der Waals surface area contributed by atoms with Crippen molar-refractivity contribution in [3.05, 3.63) is 63.4 Å². The van der Waals surface area contributed by atoms with Gasteiger partial charge in [0, 0.05) is 17.3 Å². The maximum absolute atomic E-state index is 12.5. The fourth-order valence-corrected chi connectivity index (χ4v) is 4.28. The number of nitrogens with one attached hydrogen (secondary N) is 1. The van der Waals surface area contributed by atoms with Gasteiger partial charge in [-0.25, -0.2) is 0 Å². The van der Waals surface area contributed by atoms with Crippen LogP contribution in [0, 0.1) is 13.8 Å². The summed E-state index contributed by atoms with van der Waals surface area (Å²) in [6.07, 6.45) is -0.385. The molecule has 164 valence electrons. The lowest BCUT2D eigenvalue weighted by atomic mass is 10.1. The number of hydrogen-bond donors (Lipinski definition) is 1. The smallest absolute Gasteiger partial charge is 0.234 e. The molecule has 1 N–H and O–H groups in total. The second kappa shape index (κ2) is 10.4. The van der Waals surface area contributed by atoms with Crippen molar-refractivity contribution in [1.82, 2.24) is 14.8 Å². The van der Waals surface area contributed by atoms with Crippen molar-refractivity contribution < 1.29 is 9.53 Å². The van der Waals surface area contributed by atoms with Gasteiger partial charge in [0.15, 0.2) is 17.1 Å². The van der Waals surface area contributed by atoms with E-state index in [0.29, 0.717) is 33.3 Å². The molecular formula is C22H24Cl2N4O2S. The van der Waals surface area contributed by atoms with E-state index in [1.165, 1.54) is 11.8 Å². The quantitative estimate of drug-likeness (QED) is 0.396. The number of rotatable bonds is 8. The van der Waals surface area contributed by atoms with E-state index in [9.17, 15) is 4.79 Å². The first-order valence-electron chi connectivity index (χ1n) is 9.83. The Hall–Kier alpha value is -2.22. The fraction of sp³-hybridized carbons (Fsp3) is 0.318. The van der Waals surface area contributed by atoms with Crippen LogP contribution < -0.4 is 10.1 Å². The number of ether oxygens (including phenoxy) is 1. The van der Waals surface area contributed by atoms with E-state index in [1.807, 2.05) is 50.5 Å². The van der Waals surface area contributed by atoms with E-state index in [2.05, 4.69) is 15.5 Å². The molecule has 1 aromatic heterocycles. The number of aromatic nitrogens is 3. The topological polar surface area (TPSA) is 69.0 Å². The second-order valence-corrected chi connectivity index (χ2v) is 8.79. The molecule has 1 atom stereocenters. The molecule has 3 rings (SSSR count). The molecule has 0 fully saturated rings. The molecule has 3 aromatic rings. The van der Waals surface area contributed by atoms with Crippen LogP contribution in [-0.4, -0.2) is 26.4 Å². The number of anilines is 1. The third kappa shape index (κ3) is 5.73.